The van der Waals surface area contributed by atoms with Gasteiger partial charge >= 0.3 is 6.03 Å². The van der Waals surface area contributed by atoms with Crippen LogP contribution in [-0.2, 0) is 4.74 Å². The van der Waals surface area contributed by atoms with Gasteiger partial charge in [-0.3, -0.25) is 0 Å². The molecule has 102 valence electrons. The highest BCUT2D eigenvalue weighted by molar-refractivity contribution is 6.03. The molecule has 6 heteroatoms. The van der Waals surface area contributed by atoms with E-state index in [4.69, 9.17) is 10.5 Å². The van der Waals surface area contributed by atoms with Crippen molar-refractivity contribution in [1.82, 2.24) is 4.90 Å². The number of aliphatic imine (C=N–C) groups is 1. The van der Waals surface area contributed by atoms with Crippen molar-refractivity contribution in [3.63, 3.8) is 0 Å². The summed E-state index contributed by atoms with van der Waals surface area (Å²) in [5.74, 6) is -0.281. The SMILES string of the molecule is COCCN1C(=O)N=C(N)C1c1cc(C)ccc1F. The summed E-state index contributed by atoms with van der Waals surface area (Å²) < 4.78 is 18.9. The maximum Gasteiger partial charge on any atom is 0.346 e. The van der Waals surface area contributed by atoms with Crippen LogP contribution in [-0.4, -0.2) is 37.0 Å². The number of ether oxygens (including phenoxy) is 1. The van der Waals surface area contributed by atoms with Crippen molar-refractivity contribution >= 4 is 11.9 Å². The van der Waals surface area contributed by atoms with Gasteiger partial charge in [0.15, 0.2) is 0 Å². The van der Waals surface area contributed by atoms with Crippen molar-refractivity contribution in [2.75, 3.05) is 20.3 Å². The fourth-order valence-electron chi connectivity index (χ4n) is 2.12. The van der Waals surface area contributed by atoms with Gasteiger partial charge in [0.25, 0.3) is 0 Å². The molecule has 0 saturated carbocycles. The topological polar surface area (TPSA) is 67.9 Å². The Balaban J connectivity index is 2.36. The van der Waals surface area contributed by atoms with Crippen LogP contribution in [0.2, 0.25) is 0 Å². The fourth-order valence-corrected chi connectivity index (χ4v) is 2.12. The summed E-state index contributed by atoms with van der Waals surface area (Å²) in [6.45, 7) is 2.52. The highest BCUT2D eigenvalue weighted by Gasteiger charge is 2.35. The number of rotatable bonds is 4. The molecule has 1 aliphatic heterocycles. The number of benzene rings is 1. The number of nitrogens with two attached hydrogens (primary N) is 1. The molecule has 0 fully saturated rings. The molecule has 2 rings (SSSR count). The Hall–Kier alpha value is -1.95. The molecule has 1 aliphatic rings. The van der Waals surface area contributed by atoms with Crippen LogP contribution in [0.1, 0.15) is 17.2 Å². The third-order valence-corrected chi connectivity index (χ3v) is 3.04. The molecule has 1 unspecified atom stereocenters. The zero-order valence-corrected chi connectivity index (χ0v) is 10.9. The number of urea groups is 1. The highest BCUT2D eigenvalue weighted by Crippen LogP contribution is 2.29. The lowest BCUT2D eigenvalue weighted by Gasteiger charge is -2.24. The zero-order valence-electron chi connectivity index (χ0n) is 10.9. The summed E-state index contributed by atoms with van der Waals surface area (Å²) in [5, 5.41) is 0. The molecule has 0 saturated heterocycles. The lowest BCUT2D eigenvalue weighted by atomic mass is 10.0. The number of amidine groups is 1. The van der Waals surface area contributed by atoms with Crippen molar-refractivity contribution in [1.29, 1.82) is 0 Å². The van der Waals surface area contributed by atoms with Crippen molar-refractivity contribution in [2.24, 2.45) is 10.7 Å². The van der Waals surface area contributed by atoms with E-state index in [0.717, 1.165) is 5.56 Å². The van der Waals surface area contributed by atoms with Gasteiger partial charge in [0.05, 0.1) is 6.61 Å². The minimum atomic E-state index is -0.650. The van der Waals surface area contributed by atoms with Gasteiger partial charge in [0.2, 0.25) is 0 Å². The molecule has 1 heterocycles. The Morgan fingerprint density at radius 1 is 1.53 bits per heavy atom. The predicted molar refractivity (Wildman–Crippen MR) is 69.5 cm³/mol. The molecule has 1 atom stereocenters. The van der Waals surface area contributed by atoms with E-state index in [0.29, 0.717) is 18.7 Å². The Morgan fingerprint density at radius 3 is 2.95 bits per heavy atom. The first-order chi connectivity index (χ1) is 9.04. The second kappa shape index (κ2) is 5.36. The second-order valence-corrected chi connectivity index (χ2v) is 4.43. The Labute approximate surface area is 110 Å². The van der Waals surface area contributed by atoms with Crippen LogP contribution in [0.4, 0.5) is 9.18 Å². The van der Waals surface area contributed by atoms with E-state index < -0.39 is 17.9 Å². The van der Waals surface area contributed by atoms with Crippen LogP contribution < -0.4 is 5.73 Å². The van der Waals surface area contributed by atoms with Crippen molar-refractivity contribution < 1.29 is 13.9 Å². The number of amides is 2. The largest absolute Gasteiger partial charge is 0.385 e. The summed E-state index contributed by atoms with van der Waals surface area (Å²) in [6.07, 6.45) is 0. The van der Waals surface area contributed by atoms with Crippen LogP contribution in [0, 0.1) is 12.7 Å². The molecule has 0 aliphatic carbocycles. The van der Waals surface area contributed by atoms with Gasteiger partial charge < -0.3 is 15.4 Å². The first-order valence-electron chi connectivity index (χ1n) is 5.94. The van der Waals surface area contributed by atoms with Gasteiger partial charge in [-0.05, 0) is 13.0 Å². The van der Waals surface area contributed by atoms with Crippen LogP contribution in [0.15, 0.2) is 23.2 Å². The molecule has 0 spiro atoms. The van der Waals surface area contributed by atoms with E-state index in [9.17, 15) is 9.18 Å². The molecular formula is C13H16FN3O2. The summed E-state index contributed by atoms with van der Waals surface area (Å²) >= 11 is 0. The molecule has 2 N–H and O–H groups in total. The van der Waals surface area contributed by atoms with Crippen LogP contribution in [0.25, 0.3) is 0 Å². The quantitative estimate of drug-likeness (QED) is 0.899. The first-order valence-corrected chi connectivity index (χ1v) is 5.94. The van der Waals surface area contributed by atoms with E-state index in [1.165, 1.54) is 18.1 Å². The molecule has 2 amide bonds. The van der Waals surface area contributed by atoms with E-state index in [2.05, 4.69) is 4.99 Å². The van der Waals surface area contributed by atoms with E-state index in [-0.39, 0.29) is 5.84 Å². The van der Waals surface area contributed by atoms with Gasteiger partial charge in [-0.2, -0.15) is 4.99 Å². The van der Waals surface area contributed by atoms with Gasteiger partial charge in [-0.1, -0.05) is 17.7 Å². The number of aryl methyl sites for hydroxylation is 1. The van der Waals surface area contributed by atoms with Gasteiger partial charge in [-0.25, -0.2) is 9.18 Å². The molecule has 0 radical (unpaired) electrons. The number of hydrogen-bond acceptors (Lipinski definition) is 3. The molecule has 1 aromatic carbocycles. The Bertz CT molecular complexity index is 531. The van der Waals surface area contributed by atoms with Gasteiger partial charge in [-0.15, -0.1) is 0 Å². The van der Waals surface area contributed by atoms with Crippen LogP contribution in [0.3, 0.4) is 0 Å². The van der Waals surface area contributed by atoms with Gasteiger partial charge in [0, 0.05) is 19.2 Å². The Morgan fingerprint density at radius 2 is 2.26 bits per heavy atom. The van der Waals surface area contributed by atoms with E-state index in [1.54, 1.807) is 12.1 Å². The lowest BCUT2D eigenvalue weighted by molar-refractivity contribution is 0.150. The lowest BCUT2D eigenvalue weighted by Crippen LogP contribution is -2.36. The number of methoxy groups -OCH3 is 1. The summed E-state index contributed by atoms with van der Waals surface area (Å²) in [7, 11) is 1.53. The predicted octanol–water partition coefficient (Wildman–Crippen LogP) is 1.61. The zero-order chi connectivity index (χ0) is 14.0. The monoisotopic (exact) mass is 265 g/mol. The van der Waals surface area contributed by atoms with Crippen LogP contribution in [0.5, 0.6) is 0 Å². The molecule has 0 aromatic heterocycles. The third kappa shape index (κ3) is 2.58. The number of carbonyl (C=O) groups is 1. The smallest absolute Gasteiger partial charge is 0.346 e. The number of halogens is 1. The Kier molecular flexibility index (Phi) is 3.80. The van der Waals surface area contributed by atoms with Crippen LogP contribution >= 0.6 is 0 Å². The molecule has 0 bridgehead atoms. The first kappa shape index (κ1) is 13.5. The standard InChI is InChI=1S/C13H16FN3O2/c1-8-3-4-10(14)9(7-8)11-12(15)16-13(18)17(11)5-6-19-2/h3-4,7,11H,5-6H2,1-2H3,(H2,15,16,18). The normalized spacial score (nSPS) is 18.9. The fraction of sp³-hybridized carbons (Fsp3) is 0.385. The maximum absolute atomic E-state index is 13.9. The second-order valence-electron chi connectivity index (χ2n) is 4.43. The summed E-state index contributed by atoms with van der Waals surface area (Å²) in [6, 6.07) is 3.61. The maximum atomic E-state index is 13.9. The minimum absolute atomic E-state index is 0.116. The molecular weight excluding hydrogens is 249 g/mol. The van der Waals surface area contributed by atoms with Crippen molar-refractivity contribution in [3.05, 3.63) is 35.1 Å². The number of carbonyl (C=O) groups excluding carboxylic acids is 1. The average Bonchev–Trinajstić information content (AvgIpc) is 2.64. The third-order valence-electron chi connectivity index (χ3n) is 3.04. The molecule has 1 aromatic rings. The number of hydrogen-bond donors (Lipinski definition) is 1. The average molecular weight is 265 g/mol. The summed E-state index contributed by atoms with van der Waals surface area (Å²) in [5.41, 5.74) is 7.02. The summed E-state index contributed by atoms with van der Waals surface area (Å²) in [4.78, 5) is 16.9. The van der Waals surface area contributed by atoms with E-state index >= 15 is 0 Å². The highest BCUT2D eigenvalue weighted by atomic mass is 19.1. The molecule has 19 heavy (non-hydrogen) atoms. The van der Waals surface area contributed by atoms with Gasteiger partial charge in [0.1, 0.15) is 17.7 Å². The number of nitrogens with zero attached hydrogens (tertiary/aromatic N) is 2. The van der Waals surface area contributed by atoms with Crippen molar-refractivity contribution in [2.45, 2.75) is 13.0 Å². The minimum Gasteiger partial charge on any atom is -0.385 e. The van der Waals surface area contributed by atoms with Crippen molar-refractivity contribution in [3.8, 4) is 0 Å². The van der Waals surface area contributed by atoms with E-state index in [1.807, 2.05) is 6.92 Å². The molecule has 5 nitrogen and oxygen atoms in total.